The van der Waals surface area contributed by atoms with Crippen LogP contribution in [0.2, 0.25) is 5.02 Å². The molecule has 0 radical (unpaired) electrons. The van der Waals surface area contributed by atoms with E-state index in [-0.39, 0.29) is 29.7 Å². The fourth-order valence-electron chi connectivity index (χ4n) is 3.57. The van der Waals surface area contributed by atoms with Crippen molar-refractivity contribution in [3.8, 4) is 0 Å². The summed E-state index contributed by atoms with van der Waals surface area (Å²) in [6.45, 7) is 1.78. The molecular formula is C24H25ClN4O5S. The molecule has 0 spiro atoms. The Morgan fingerprint density at radius 1 is 1.06 bits per heavy atom. The Kier molecular flexibility index (Phi) is 8.11. The third-order valence-electron chi connectivity index (χ3n) is 5.33. The maximum Gasteiger partial charge on any atom is 0.300 e. The molecule has 11 heteroatoms. The third-order valence-corrected chi connectivity index (χ3v) is 7.41. The first-order valence-electron chi connectivity index (χ1n) is 10.6. The third kappa shape index (κ3) is 6.56. The molecule has 1 saturated heterocycles. The van der Waals surface area contributed by atoms with Gasteiger partial charge in [0.1, 0.15) is 5.84 Å². The highest BCUT2D eigenvalue weighted by atomic mass is 35.5. The van der Waals surface area contributed by atoms with Gasteiger partial charge in [0, 0.05) is 37.1 Å². The molecule has 1 aliphatic heterocycles. The minimum absolute atomic E-state index is 0.0155. The van der Waals surface area contributed by atoms with Crippen LogP contribution in [0.4, 0.5) is 0 Å². The van der Waals surface area contributed by atoms with Crippen molar-refractivity contribution >= 4 is 50.1 Å². The SMILES string of the molecule is CC(=O)O.N=C(N)c1ccc(CN2CCN(S(=O)(=O)c3ccc4cc(Cl)ccc4c3)CC2=O)cc1. The second-order valence-corrected chi connectivity index (χ2v) is 10.3. The summed E-state index contributed by atoms with van der Waals surface area (Å²) in [6.07, 6.45) is 0. The molecule has 4 rings (SSSR count). The number of carboxylic acid groups (broad SMARTS) is 1. The summed E-state index contributed by atoms with van der Waals surface area (Å²) in [5, 5.41) is 17.1. The van der Waals surface area contributed by atoms with E-state index in [1.807, 2.05) is 12.1 Å². The predicted octanol–water partition coefficient (Wildman–Crippen LogP) is 2.90. The molecule has 4 N–H and O–H groups in total. The van der Waals surface area contributed by atoms with Crippen molar-refractivity contribution in [2.75, 3.05) is 19.6 Å². The van der Waals surface area contributed by atoms with Crippen LogP contribution in [0.25, 0.3) is 10.8 Å². The number of hydrogen-bond donors (Lipinski definition) is 3. The lowest BCUT2D eigenvalue weighted by Gasteiger charge is -2.33. The number of aliphatic carboxylic acids is 1. The molecule has 184 valence electrons. The summed E-state index contributed by atoms with van der Waals surface area (Å²) in [5.74, 6) is -1.10. The van der Waals surface area contributed by atoms with Crippen LogP contribution in [0.5, 0.6) is 0 Å². The zero-order valence-corrected chi connectivity index (χ0v) is 20.5. The largest absolute Gasteiger partial charge is 0.481 e. The highest BCUT2D eigenvalue weighted by molar-refractivity contribution is 7.89. The van der Waals surface area contributed by atoms with Crippen LogP contribution < -0.4 is 5.73 Å². The standard InChI is InChI=1S/C22H21ClN4O3S.C2H4O2/c23-19-7-5-18-12-20(8-6-17(18)11-19)31(29,30)27-10-9-26(21(28)14-27)13-15-1-3-16(4-2-15)22(24)25;1-2(3)4/h1-8,11-12H,9-10,13-14H2,(H3,24,25);1H3,(H,3,4). The number of amidine groups is 1. The van der Waals surface area contributed by atoms with Crippen molar-refractivity contribution in [3.63, 3.8) is 0 Å². The van der Waals surface area contributed by atoms with Crippen molar-refractivity contribution in [2.24, 2.45) is 5.73 Å². The van der Waals surface area contributed by atoms with Gasteiger partial charge in [-0.2, -0.15) is 4.31 Å². The zero-order chi connectivity index (χ0) is 25.8. The lowest BCUT2D eigenvalue weighted by molar-refractivity contribution is -0.135. The monoisotopic (exact) mass is 516 g/mol. The summed E-state index contributed by atoms with van der Waals surface area (Å²) >= 11 is 6.00. The first kappa shape index (κ1) is 26.1. The topological polar surface area (TPSA) is 145 Å². The van der Waals surface area contributed by atoms with Crippen molar-refractivity contribution < 1.29 is 23.1 Å². The fraction of sp³-hybridized carbons (Fsp3) is 0.208. The lowest BCUT2D eigenvalue weighted by atomic mass is 10.1. The Bertz CT molecular complexity index is 1370. The lowest BCUT2D eigenvalue weighted by Crippen LogP contribution is -2.51. The van der Waals surface area contributed by atoms with E-state index in [2.05, 4.69) is 0 Å². The molecule has 1 fully saturated rings. The number of carbonyl (C=O) groups is 2. The molecule has 1 amide bonds. The first-order chi connectivity index (χ1) is 16.5. The van der Waals surface area contributed by atoms with E-state index in [9.17, 15) is 13.2 Å². The Balaban J connectivity index is 0.000000795. The average molecular weight is 517 g/mol. The van der Waals surface area contributed by atoms with Crippen LogP contribution in [0, 0.1) is 5.41 Å². The summed E-state index contributed by atoms with van der Waals surface area (Å²) in [7, 11) is -3.79. The molecule has 1 aliphatic rings. The first-order valence-corrected chi connectivity index (χ1v) is 12.4. The number of rotatable bonds is 5. The molecule has 0 aliphatic carbocycles. The minimum atomic E-state index is -3.79. The molecule has 0 unspecified atom stereocenters. The number of hydrogen-bond acceptors (Lipinski definition) is 5. The molecule has 9 nitrogen and oxygen atoms in total. The van der Waals surface area contributed by atoms with Gasteiger partial charge in [-0.05, 0) is 40.6 Å². The Labute approximate surface area is 208 Å². The summed E-state index contributed by atoms with van der Waals surface area (Å²) in [4.78, 5) is 23.5. The number of carboxylic acids is 1. The van der Waals surface area contributed by atoms with Crippen LogP contribution in [0.3, 0.4) is 0 Å². The zero-order valence-electron chi connectivity index (χ0n) is 18.9. The molecule has 35 heavy (non-hydrogen) atoms. The van der Waals surface area contributed by atoms with Crippen LogP contribution in [-0.2, 0) is 26.2 Å². The van der Waals surface area contributed by atoms with Gasteiger partial charge in [0.05, 0.1) is 11.4 Å². The number of halogens is 1. The van der Waals surface area contributed by atoms with Crippen LogP contribution in [0.15, 0.2) is 65.6 Å². The van der Waals surface area contributed by atoms with Crippen LogP contribution in [-0.4, -0.2) is 60.1 Å². The maximum absolute atomic E-state index is 13.1. The number of piperazine rings is 1. The van der Waals surface area contributed by atoms with Crippen molar-refractivity contribution in [3.05, 3.63) is 76.8 Å². The Hall–Kier alpha value is -3.47. The number of nitrogen functional groups attached to an aromatic ring is 1. The molecule has 0 atom stereocenters. The van der Waals surface area contributed by atoms with E-state index in [1.54, 1.807) is 53.4 Å². The number of benzene rings is 3. The van der Waals surface area contributed by atoms with Crippen LogP contribution in [0.1, 0.15) is 18.1 Å². The highest BCUT2D eigenvalue weighted by Gasteiger charge is 2.32. The number of nitrogens with zero attached hydrogens (tertiary/aromatic N) is 2. The van der Waals surface area contributed by atoms with Crippen LogP contribution >= 0.6 is 11.6 Å². The fourth-order valence-corrected chi connectivity index (χ4v) is 5.17. The van der Waals surface area contributed by atoms with Crippen molar-refractivity contribution in [1.82, 2.24) is 9.21 Å². The summed E-state index contributed by atoms with van der Waals surface area (Å²) < 4.78 is 27.4. The molecule has 0 bridgehead atoms. The molecule has 1 heterocycles. The van der Waals surface area contributed by atoms with Gasteiger partial charge >= 0.3 is 0 Å². The second kappa shape index (κ2) is 10.9. The number of nitrogens with one attached hydrogen (secondary N) is 1. The quantitative estimate of drug-likeness (QED) is 0.351. The number of nitrogens with two attached hydrogens (primary N) is 1. The van der Waals surface area contributed by atoms with Crippen molar-refractivity contribution in [1.29, 1.82) is 5.41 Å². The van der Waals surface area contributed by atoms with Gasteiger partial charge in [-0.3, -0.25) is 15.0 Å². The number of sulfonamides is 1. The van der Waals surface area contributed by atoms with Gasteiger partial charge < -0.3 is 15.7 Å². The minimum Gasteiger partial charge on any atom is -0.481 e. The van der Waals surface area contributed by atoms with E-state index in [1.165, 1.54) is 4.31 Å². The smallest absolute Gasteiger partial charge is 0.300 e. The van der Waals surface area contributed by atoms with Gasteiger partial charge in [-0.15, -0.1) is 0 Å². The summed E-state index contributed by atoms with van der Waals surface area (Å²) in [6, 6.07) is 17.2. The predicted molar refractivity (Wildman–Crippen MR) is 134 cm³/mol. The van der Waals surface area contributed by atoms with E-state index < -0.39 is 16.0 Å². The van der Waals surface area contributed by atoms with E-state index >= 15 is 0 Å². The van der Waals surface area contributed by atoms with E-state index in [0.29, 0.717) is 23.7 Å². The second-order valence-electron chi connectivity index (χ2n) is 7.94. The number of carbonyl (C=O) groups excluding carboxylic acids is 1. The number of amides is 1. The normalized spacial score (nSPS) is 14.3. The average Bonchev–Trinajstić information content (AvgIpc) is 2.80. The highest BCUT2D eigenvalue weighted by Crippen LogP contribution is 2.25. The van der Waals surface area contributed by atoms with E-state index in [4.69, 9.17) is 32.6 Å². The van der Waals surface area contributed by atoms with Gasteiger partial charge in [0.2, 0.25) is 15.9 Å². The van der Waals surface area contributed by atoms with Gasteiger partial charge in [-0.1, -0.05) is 48.0 Å². The molecule has 0 aromatic heterocycles. The van der Waals surface area contributed by atoms with Gasteiger partial charge in [-0.25, -0.2) is 8.42 Å². The van der Waals surface area contributed by atoms with Crippen molar-refractivity contribution in [2.45, 2.75) is 18.4 Å². The molecular weight excluding hydrogens is 492 g/mol. The van der Waals surface area contributed by atoms with E-state index in [0.717, 1.165) is 23.3 Å². The number of fused-ring (bicyclic) bond motifs is 1. The summed E-state index contributed by atoms with van der Waals surface area (Å²) in [5.41, 5.74) is 6.97. The molecule has 3 aromatic rings. The maximum atomic E-state index is 13.1. The Morgan fingerprint density at radius 2 is 1.66 bits per heavy atom. The van der Waals surface area contributed by atoms with Gasteiger partial charge in [0.25, 0.3) is 5.97 Å². The molecule has 0 saturated carbocycles. The van der Waals surface area contributed by atoms with Gasteiger partial charge in [0.15, 0.2) is 0 Å². The Morgan fingerprint density at radius 3 is 2.26 bits per heavy atom. The molecule has 3 aromatic carbocycles.